The van der Waals surface area contributed by atoms with E-state index in [1.807, 2.05) is 231 Å². The predicted molar refractivity (Wildman–Crippen MR) is 372 cm³/mol. The summed E-state index contributed by atoms with van der Waals surface area (Å²) in [4.78, 5) is 14.0. The van der Waals surface area contributed by atoms with Crippen LogP contribution in [0.3, 0.4) is 0 Å². The molecule has 4 nitrogen and oxygen atoms in total. The Hall–Kier alpha value is -9.06. The van der Waals surface area contributed by atoms with Gasteiger partial charge in [0.15, 0.2) is 0 Å². The van der Waals surface area contributed by atoms with E-state index in [0.29, 0.717) is 26.5 Å². The second kappa shape index (κ2) is 21.5. The van der Waals surface area contributed by atoms with Gasteiger partial charge in [0.2, 0.25) is 0 Å². The Morgan fingerprint density at radius 1 is 0.209 bits per heavy atom. The number of rotatable bonds is 12. The van der Waals surface area contributed by atoms with E-state index < -0.39 is 28.9 Å². The van der Waals surface area contributed by atoms with Crippen LogP contribution in [-0.2, 0) is 13.7 Å². The molecule has 15 aromatic carbocycles. The third kappa shape index (κ3) is 8.55. The summed E-state index contributed by atoms with van der Waals surface area (Å²) in [7, 11) is -15.1. The second-order valence-corrected chi connectivity index (χ2v) is 33.4. The van der Waals surface area contributed by atoms with E-state index >= 15 is 13.7 Å². The Bertz CT molecular complexity index is 4810. The normalized spacial score (nSPS) is 12.6. The Morgan fingerprint density at radius 3 is 0.709 bits per heavy atom. The van der Waals surface area contributed by atoms with E-state index in [1.165, 1.54) is 0 Å². The molecule has 0 fully saturated rings. The quantitative estimate of drug-likeness (QED) is 0.124. The molecule has 0 aliphatic rings. The molecule has 0 spiro atoms. The molecule has 0 aliphatic carbocycles. The first-order valence-electron chi connectivity index (χ1n) is 28.9. The number of fused-ring (bicyclic) bond motifs is 6. The Morgan fingerprint density at radius 2 is 0.419 bits per heavy atom. The molecule has 0 bridgehead atoms. The fourth-order valence-corrected chi connectivity index (χ4v) is 25.6. The monoisotopic (exact) mass is 1180 g/mol. The van der Waals surface area contributed by atoms with E-state index in [2.05, 4.69) is 97.1 Å². The van der Waals surface area contributed by atoms with Crippen LogP contribution in [0.4, 0.5) is 0 Å². The first-order valence-corrected chi connectivity index (χ1v) is 36.0. The molecular weight excluding hydrogens is 1120 g/mol. The SMILES string of the molecule is O=P(c1ccc(P(=O)(c2cccc3ccccc23)c2cccc3ccccc23)cc1)(c1ccc(P(=O)(c2cccc3ccccc23)c2cccc3ccccc23)cc1)c1ccc([PH](O)(c2cccc3ccccc23)c2cccc3ccccc23)cc1. The van der Waals surface area contributed by atoms with E-state index in [9.17, 15) is 4.89 Å². The van der Waals surface area contributed by atoms with Gasteiger partial charge in [-0.3, -0.25) is 0 Å². The fraction of sp³-hybridized carbons (Fsp3) is 0. The average molecular weight is 1180 g/mol. The zero-order valence-corrected chi connectivity index (χ0v) is 50.4. The number of hydrogen-bond acceptors (Lipinski definition) is 4. The van der Waals surface area contributed by atoms with Gasteiger partial charge in [0, 0.05) is 0 Å². The van der Waals surface area contributed by atoms with E-state index in [0.717, 1.165) is 102 Å². The van der Waals surface area contributed by atoms with Gasteiger partial charge in [-0.25, -0.2) is 0 Å². The van der Waals surface area contributed by atoms with E-state index in [4.69, 9.17) is 0 Å². The average Bonchev–Trinajstić information content (AvgIpc) is 1.04. The van der Waals surface area contributed by atoms with Gasteiger partial charge < -0.3 is 0 Å². The molecule has 8 heteroatoms. The number of hydrogen-bond donors (Lipinski definition) is 1. The summed E-state index contributed by atoms with van der Waals surface area (Å²) in [5.41, 5.74) is 0. The van der Waals surface area contributed by atoms with Crippen LogP contribution in [0.1, 0.15) is 0 Å². The van der Waals surface area contributed by atoms with Gasteiger partial charge in [-0.1, -0.05) is 146 Å². The molecule has 0 amide bonds. The predicted octanol–water partition coefficient (Wildman–Crippen LogP) is 14.5. The van der Waals surface area contributed by atoms with Crippen molar-refractivity contribution >= 4 is 157 Å². The van der Waals surface area contributed by atoms with Gasteiger partial charge in [0.25, 0.3) is 0 Å². The van der Waals surface area contributed by atoms with Crippen molar-refractivity contribution in [3.05, 3.63) is 328 Å². The van der Waals surface area contributed by atoms with Crippen LogP contribution >= 0.6 is 28.9 Å². The summed E-state index contributed by atoms with van der Waals surface area (Å²) in [6.45, 7) is 0. The van der Waals surface area contributed by atoms with E-state index in [1.54, 1.807) is 0 Å². The molecule has 0 unspecified atom stereocenters. The van der Waals surface area contributed by atoms with Gasteiger partial charge in [-0.2, -0.15) is 0 Å². The van der Waals surface area contributed by atoms with Crippen LogP contribution in [-0.4, -0.2) is 4.89 Å². The van der Waals surface area contributed by atoms with Crippen LogP contribution in [0.5, 0.6) is 0 Å². The Kier molecular flexibility index (Phi) is 13.4. The maximum atomic E-state index is 17.4. The van der Waals surface area contributed by atoms with Crippen LogP contribution in [0.15, 0.2) is 328 Å². The maximum absolute atomic E-state index is 17.4. The second-order valence-electron chi connectivity index (χ2n) is 22.2. The van der Waals surface area contributed by atoms with Gasteiger partial charge in [-0.05, 0) is 21.5 Å². The molecule has 0 aromatic heterocycles. The molecule has 0 radical (unpaired) electrons. The Labute approximate surface area is 500 Å². The Balaban J connectivity index is 0.943. The summed E-state index contributed by atoms with van der Waals surface area (Å²) < 4.78 is 51.2. The van der Waals surface area contributed by atoms with Crippen LogP contribution in [0.25, 0.3) is 64.6 Å². The summed E-state index contributed by atoms with van der Waals surface area (Å²) in [6.07, 6.45) is 0. The van der Waals surface area contributed by atoms with Crippen molar-refractivity contribution in [2.75, 3.05) is 0 Å². The molecule has 0 aliphatic heterocycles. The van der Waals surface area contributed by atoms with Crippen LogP contribution in [0, 0.1) is 0 Å². The fourth-order valence-electron chi connectivity index (χ4n) is 13.4. The van der Waals surface area contributed by atoms with Gasteiger partial charge in [0.05, 0.1) is 0 Å². The van der Waals surface area contributed by atoms with Crippen molar-refractivity contribution in [1.29, 1.82) is 0 Å². The van der Waals surface area contributed by atoms with Crippen molar-refractivity contribution in [1.82, 2.24) is 0 Å². The van der Waals surface area contributed by atoms with Crippen molar-refractivity contribution in [2.45, 2.75) is 0 Å². The minimum atomic E-state index is -3.91. The summed E-state index contributed by atoms with van der Waals surface area (Å²) in [5, 5.41) is 19.8. The first kappa shape index (κ1) is 53.7. The third-order valence-corrected chi connectivity index (χ3v) is 30.6. The molecule has 0 saturated heterocycles. The molecule has 0 atom stereocenters. The minimum absolute atomic E-state index is 0.533. The zero-order chi connectivity index (χ0) is 58.0. The summed E-state index contributed by atoms with van der Waals surface area (Å²) in [5.74, 6) is 0. The van der Waals surface area contributed by atoms with Crippen LogP contribution < -0.4 is 63.7 Å². The summed E-state index contributed by atoms with van der Waals surface area (Å²) >= 11 is 0. The summed E-state index contributed by atoms with van der Waals surface area (Å²) in [6, 6.07) is 108. The van der Waals surface area contributed by atoms with Crippen molar-refractivity contribution < 1.29 is 18.6 Å². The molecule has 15 rings (SSSR count). The first-order chi connectivity index (χ1) is 42.2. The number of benzene rings is 15. The molecule has 0 heterocycles. The standard InChI is InChI=1S/C78H56O4P4/c79-83(61-43-49-64(50-44-61)84(80,73-37-13-25-55-19-1-7-31-67(55)73)74-38-14-26-56-20-2-8-32-68(56)74,62-45-51-65(52-46-62)85(81,75-39-15-27-57-21-3-9-33-69(57)75)76-40-16-28-58-22-4-10-34-70(58)76)63-47-53-66(54-48-63)86(82,77-41-17-29-59-23-5-11-35-71(59)77)78-42-18-30-60-24-6-12-36-72(60)78/h1-54,80,84H. The molecule has 15 aromatic rings. The van der Waals surface area contributed by atoms with Gasteiger partial charge in [0.1, 0.15) is 0 Å². The topological polar surface area (TPSA) is 71.4 Å². The van der Waals surface area contributed by atoms with E-state index in [-0.39, 0.29) is 0 Å². The van der Waals surface area contributed by atoms with Crippen molar-refractivity contribution in [3.63, 3.8) is 0 Å². The molecular formula is C78H56O4P4. The van der Waals surface area contributed by atoms with Crippen LogP contribution in [0.2, 0.25) is 0 Å². The van der Waals surface area contributed by atoms with Gasteiger partial charge in [-0.15, -0.1) is 0 Å². The molecule has 86 heavy (non-hydrogen) atoms. The van der Waals surface area contributed by atoms with Crippen molar-refractivity contribution in [2.24, 2.45) is 0 Å². The van der Waals surface area contributed by atoms with Gasteiger partial charge >= 0.3 is 336 Å². The molecule has 412 valence electrons. The van der Waals surface area contributed by atoms with Crippen molar-refractivity contribution in [3.8, 4) is 0 Å². The molecule has 1 N–H and O–H groups in total. The zero-order valence-electron chi connectivity index (χ0n) is 46.7. The molecule has 0 saturated carbocycles. The third-order valence-electron chi connectivity index (χ3n) is 17.6.